The Morgan fingerprint density at radius 2 is 1.95 bits per heavy atom. The number of hydrogen-bond donors (Lipinski definition) is 1. The van der Waals surface area contributed by atoms with Gasteiger partial charge in [0.05, 0.1) is 10.2 Å². The number of nitrogens with one attached hydrogen (secondary N) is 1. The number of carbonyl (C=O) groups is 1. The molecule has 0 amide bonds. The molecule has 0 radical (unpaired) electrons. The SMILES string of the molecule is O=Cc1c(-c2ccc(Br)c(F)c2)[nH]c2ccccc12. The highest BCUT2D eigenvalue weighted by Gasteiger charge is 2.13. The van der Waals surface area contributed by atoms with Crippen LogP contribution in [-0.4, -0.2) is 11.3 Å². The monoisotopic (exact) mass is 317 g/mol. The summed E-state index contributed by atoms with van der Waals surface area (Å²) in [6.45, 7) is 0. The molecule has 3 aromatic rings. The Hall–Kier alpha value is -1.94. The summed E-state index contributed by atoms with van der Waals surface area (Å²) in [4.78, 5) is 14.5. The van der Waals surface area contributed by atoms with E-state index in [-0.39, 0.29) is 5.82 Å². The second kappa shape index (κ2) is 4.63. The number of hydrogen-bond acceptors (Lipinski definition) is 1. The van der Waals surface area contributed by atoms with E-state index in [1.807, 2.05) is 24.3 Å². The van der Waals surface area contributed by atoms with Gasteiger partial charge in [0.25, 0.3) is 0 Å². The molecule has 0 saturated carbocycles. The molecule has 0 atom stereocenters. The normalized spacial score (nSPS) is 10.8. The second-order valence-corrected chi connectivity index (χ2v) is 5.06. The molecule has 0 unspecified atom stereocenters. The lowest BCUT2D eigenvalue weighted by atomic mass is 10.1. The Bertz CT molecular complexity index is 779. The highest BCUT2D eigenvalue weighted by molar-refractivity contribution is 9.10. The third-order valence-electron chi connectivity index (χ3n) is 3.07. The van der Waals surface area contributed by atoms with Crippen LogP contribution in [0.3, 0.4) is 0 Å². The van der Waals surface area contributed by atoms with Gasteiger partial charge < -0.3 is 4.98 Å². The van der Waals surface area contributed by atoms with Crippen molar-refractivity contribution in [3.63, 3.8) is 0 Å². The summed E-state index contributed by atoms with van der Waals surface area (Å²) in [5.74, 6) is -0.354. The van der Waals surface area contributed by atoms with E-state index in [2.05, 4.69) is 20.9 Å². The molecule has 19 heavy (non-hydrogen) atoms. The average Bonchev–Trinajstić information content (AvgIpc) is 2.80. The van der Waals surface area contributed by atoms with Crippen LogP contribution in [-0.2, 0) is 0 Å². The fraction of sp³-hybridized carbons (Fsp3) is 0. The van der Waals surface area contributed by atoms with Crippen LogP contribution in [0.5, 0.6) is 0 Å². The minimum absolute atomic E-state index is 0.354. The summed E-state index contributed by atoms with van der Waals surface area (Å²) in [7, 11) is 0. The van der Waals surface area contributed by atoms with Crippen LogP contribution in [0, 0.1) is 5.82 Å². The molecule has 0 aliphatic heterocycles. The quantitative estimate of drug-likeness (QED) is 0.691. The Labute approximate surface area is 117 Å². The first-order chi connectivity index (χ1) is 9.20. The number of benzene rings is 2. The Balaban J connectivity index is 2.29. The van der Waals surface area contributed by atoms with E-state index in [9.17, 15) is 9.18 Å². The van der Waals surface area contributed by atoms with Crippen molar-refractivity contribution < 1.29 is 9.18 Å². The van der Waals surface area contributed by atoms with Crippen LogP contribution in [0.1, 0.15) is 10.4 Å². The molecule has 0 fully saturated rings. The first-order valence-electron chi connectivity index (χ1n) is 5.72. The summed E-state index contributed by atoms with van der Waals surface area (Å²) < 4.78 is 14.0. The summed E-state index contributed by atoms with van der Waals surface area (Å²) in [6.07, 6.45) is 0.800. The third kappa shape index (κ3) is 1.98. The van der Waals surface area contributed by atoms with Crippen molar-refractivity contribution in [2.45, 2.75) is 0 Å². The van der Waals surface area contributed by atoms with Crippen molar-refractivity contribution in [1.82, 2.24) is 4.98 Å². The van der Waals surface area contributed by atoms with Crippen LogP contribution < -0.4 is 0 Å². The van der Waals surface area contributed by atoms with Crippen molar-refractivity contribution in [2.24, 2.45) is 0 Å². The van der Waals surface area contributed by atoms with Crippen LogP contribution in [0.25, 0.3) is 22.2 Å². The topological polar surface area (TPSA) is 32.9 Å². The molecular formula is C15H9BrFNO. The average molecular weight is 318 g/mol. The first-order valence-corrected chi connectivity index (χ1v) is 6.51. The maximum atomic E-state index is 13.6. The molecule has 1 N–H and O–H groups in total. The van der Waals surface area contributed by atoms with E-state index in [0.29, 0.717) is 21.3 Å². The van der Waals surface area contributed by atoms with Crippen LogP contribution >= 0.6 is 15.9 Å². The molecule has 0 aliphatic rings. The Kier molecular flexibility index (Phi) is 2.95. The van der Waals surface area contributed by atoms with Crippen molar-refractivity contribution in [3.05, 3.63) is 58.3 Å². The molecular weight excluding hydrogens is 309 g/mol. The second-order valence-electron chi connectivity index (χ2n) is 4.21. The van der Waals surface area contributed by atoms with E-state index in [4.69, 9.17) is 0 Å². The highest BCUT2D eigenvalue weighted by Crippen LogP contribution is 2.30. The summed E-state index contributed by atoms with van der Waals surface area (Å²) in [5.41, 5.74) is 2.71. The molecule has 1 aromatic heterocycles. The van der Waals surface area contributed by atoms with E-state index in [0.717, 1.165) is 17.2 Å². The van der Waals surface area contributed by atoms with Gasteiger partial charge in [-0.25, -0.2) is 4.39 Å². The van der Waals surface area contributed by atoms with Gasteiger partial charge in [-0.3, -0.25) is 4.79 Å². The number of rotatable bonds is 2. The van der Waals surface area contributed by atoms with Gasteiger partial charge in [0.15, 0.2) is 6.29 Å². The fourth-order valence-electron chi connectivity index (χ4n) is 2.17. The van der Waals surface area contributed by atoms with Gasteiger partial charge in [-0.1, -0.05) is 24.3 Å². The number of carbonyl (C=O) groups excluding carboxylic acids is 1. The van der Waals surface area contributed by atoms with E-state index >= 15 is 0 Å². The number of aromatic nitrogens is 1. The number of para-hydroxylation sites is 1. The summed E-state index contributed by atoms with van der Waals surface area (Å²) in [5, 5.41) is 0.843. The summed E-state index contributed by atoms with van der Waals surface area (Å²) in [6, 6.07) is 12.3. The zero-order valence-corrected chi connectivity index (χ0v) is 11.4. The smallest absolute Gasteiger partial charge is 0.152 e. The minimum Gasteiger partial charge on any atom is -0.354 e. The van der Waals surface area contributed by atoms with E-state index in [1.54, 1.807) is 12.1 Å². The number of aldehydes is 1. The number of fused-ring (bicyclic) bond motifs is 1. The van der Waals surface area contributed by atoms with Crippen LogP contribution in [0.4, 0.5) is 4.39 Å². The minimum atomic E-state index is -0.354. The van der Waals surface area contributed by atoms with Crippen molar-refractivity contribution >= 4 is 33.1 Å². The molecule has 3 rings (SSSR count). The fourth-order valence-corrected chi connectivity index (χ4v) is 2.41. The van der Waals surface area contributed by atoms with Crippen LogP contribution in [0.2, 0.25) is 0 Å². The number of halogens is 2. The third-order valence-corrected chi connectivity index (χ3v) is 3.72. The van der Waals surface area contributed by atoms with E-state index < -0.39 is 0 Å². The molecule has 2 aromatic carbocycles. The molecule has 2 nitrogen and oxygen atoms in total. The lowest BCUT2D eigenvalue weighted by Crippen LogP contribution is -1.86. The zero-order chi connectivity index (χ0) is 13.4. The molecule has 0 aliphatic carbocycles. The molecule has 1 heterocycles. The van der Waals surface area contributed by atoms with Crippen molar-refractivity contribution in [3.8, 4) is 11.3 Å². The zero-order valence-electron chi connectivity index (χ0n) is 9.78. The lowest BCUT2D eigenvalue weighted by molar-refractivity contribution is 0.112. The Morgan fingerprint density at radius 1 is 1.16 bits per heavy atom. The van der Waals surface area contributed by atoms with Crippen molar-refractivity contribution in [1.29, 1.82) is 0 Å². The first kappa shape index (κ1) is 12.1. The van der Waals surface area contributed by atoms with Gasteiger partial charge in [-0.15, -0.1) is 0 Å². The van der Waals surface area contributed by atoms with Gasteiger partial charge in [-0.05, 0) is 34.1 Å². The Morgan fingerprint density at radius 3 is 2.68 bits per heavy atom. The predicted molar refractivity (Wildman–Crippen MR) is 76.8 cm³/mol. The maximum absolute atomic E-state index is 13.6. The standard InChI is InChI=1S/C15H9BrFNO/c16-12-6-5-9(7-13(12)17)15-11(8-19)10-3-1-2-4-14(10)18-15/h1-8,18H. The highest BCUT2D eigenvalue weighted by atomic mass is 79.9. The lowest BCUT2D eigenvalue weighted by Gasteiger charge is -2.01. The number of H-pyrrole nitrogens is 1. The maximum Gasteiger partial charge on any atom is 0.152 e. The van der Waals surface area contributed by atoms with Gasteiger partial charge in [-0.2, -0.15) is 0 Å². The van der Waals surface area contributed by atoms with E-state index in [1.165, 1.54) is 6.07 Å². The molecule has 4 heteroatoms. The molecule has 0 bridgehead atoms. The number of aromatic amines is 1. The van der Waals surface area contributed by atoms with Gasteiger partial charge in [0.2, 0.25) is 0 Å². The van der Waals surface area contributed by atoms with Gasteiger partial charge >= 0.3 is 0 Å². The van der Waals surface area contributed by atoms with Crippen LogP contribution in [0.15, 0.2) is 46.9 Å². The summed E-state index contributed by atoms with van der Waals surface area (Å²) >= 11 is 3.12. The van der Waals surface area contributed by atoms with Crippen molar-refractivity contribution in [2.75, 3.05) is 0 Å². The molecule has 0 saturated heterocycles. The molecule has 0 spiro atoms. The van der Waals surface area contributed by atoms with Gasteiger partial charge in [0.1, 0.15) is 5.82 Å². The predicted octanol–water partition coefficient (Wildman–Crippen LogP) is 4.55. The largest absolute Gasteiger partial charge is 0.354 e. The van der Waals surface area contributed by atoms with Gasteiger partial charge in [0, 0.05) is 22.0 Å². The molecule has 94 valence electrons.